The third kappa shape index (κ3) is 1.36. The first kappa shape index (κ1) is 10.7. The Kier molecular flexibility index (Phi) is 1.92. The van der Waals surface area contributed by atoms with Crippen LogP contribution in [0.15, 0.2) is 61.4 Å². The van der Waals surface area contributed by atoms with Gasteiger partial charge in [0, 0.05) is 34.7 Å². The summed E-state index contributed by atoms with van der Waals surface area (Å²) in [5.41, 5.74) is 2.01. The zero-order valence-corrected chi connectivity index (χ0v) is 11.1. The highest BCUT2D eigenvalue weighted by Crippen LogP contribution is 2.31. The summed E-state index contributed by atoms with van der Waals surface area (Å²) in [6, 6.07) is 10.5. The Morgan fingerprint density at radius 3 is 2.76 bits per heavy atom. The molecule has 0 N–H and O–H groups in total. The van der Waals surface area contributed by atoms with Gasteiger partial charge in [-0.3, -0.25) is 9.38 Å². The molecule has 4 heterocycles. The van der Waals surface area contributed by atoms with Gasteiger partial charge in [-0.1, -0.05) is 0 Å². The van der Waals surface area contributed by atoms with Gasteiger partial charge in [0.05, 0.1) is 11.7 Å². The van der Waals surface area contributed by atoms with Crippen molar-refractivity contribution >= 4 is 38.1 Å². The molecule has 4 heteroatoms. The number of aromatic nitrogens is 4. The van der Waals surface area contributed by atoms with Crippen LogP contribution in [0.4, 0.5) is 0 Å². The summed E-state index contributed by atoms with van der Waals surface area (Å²) in [6.07, 6.45) is 9.25. The number of hydrogen-bond donors (Lipinski definition) is 0. The number of fused-ring (bicyclic) bond motifs is 7. The first-order valence-corrected chi connectivity index (χ1v) is 6.78. The Labute approximate surface area is 119 Å². The molecular formula is C17H10N4. The number of hydrogen-bond acceptors (Lipinski definition) is 3. The van der Waals surface area contributed by atoms with E-state index in [2.05, 4.69) is 33.2 Å². The lowest BCUT2D eigenvalue weighted by atomic mass is 10.0. The van der Waals surface area contributed by atoms with Crippen molar-refractivity contribution < 1.29 is 0 Å². The fourth-order valence-electron chi connectivity index (χ4n) is 3.03. The van der Waals surface area contributed by atoms with Gasteiger partial charge in [-0.2, -0.15) is 0 Å². The summed E-state index contributed by atoms with van der Waals surface area (Å²) in [4.78, 5) is 13.0. The molecule has 5 rings (SSSR count). The van der Waals surface area contributed by atoms with E-state index in [1.165, 1.54) is 16.2 Å². The summed E-state index contributed by atoms with van der Waals surface area (Å²) in [5, 5.41) is 5.83. The molecule has 98 valence electrons. The quantitative estimate of drug-likeness (QED) is 0.319. The van der Waals surface area contributed by atoms with Gasteiger partial charge in [-0.25, -0.2) is 9.97 Å². The predicted molar refractivity (Wildman–Crippen MR) is 83.3 cm³/mol. The maximum atomic E-state index is 4.52. The second kappa shape index (κ2) is 3.76. The Balaban J connectivity index is 2.18. The SMILES string of the molecule is c1cnc2c(c1)c1cc3ccncc3cc1c1cncn12. The van der Waals surface area contributed by atoms with E-state index in [4.69, 9.17) is 0 Å². The number of rotatable bonds is 0. The van der Waals surface area contributed by atoms with Gasteiger partial charge < -0.3 is 0 Å². The van der Waals surface area contributed by atoms with Crippen LogP contribution in [0.5, 0.6) is 0 Å². The highest BCUT2D eigenvalue weighted by atomic mass is 15.0. The smallest absolute Gasteiger partial charge is 0.146 e. The van der Waals surface area contributed by atoms with Gasteiger partial charge in [0.2, 0.25) is 0 Å². The Hall–Kier alpha value is -3.01. The second-order valence-electron chi connectivity index (χ2n) is 5.14. The van der Waals surface area contributed by atoms with Crippen molar-refractivity contribution in [1.82, 2.24) is 19.4 Å². The molecule has 0 fully saturated rings. The van der Waals surface area contributed by atoms with Crippen LogP contribution in [0.1, 0.15) is 0 Å². The molecule has 0 saturated carbocycles. The molecule has 0 saturated heterocycles. The molecule has 0 bridgehead atoms. The first-order valence-electron chi connectivity index (χ1n) is 6.78. The van der Waals surface area contributed by atoms with E-state index in [0.29, 0.717) is 0 Å². The molecule has 0 aliphatic carbocycles. The molecule has 5 aromatic rings. The molecule has 0 aliphatic rings. The van der Waals surface area contributed by atoms with Crippen LogP contribution in [0, 0.1) is 0 Å². The van der Waals surface area contributed by atoms with Crippen LogP contribution < -0.4 is 0 Å². The molecule has 21 heavy (non-hydrogen) atoms. The van der Waals surface area contributed by atoms with Crippen molar-refractivity contribution in [3.05, 3.63) is 61.4 Å². The molecule has 4 nitrogen and oxygen atoms in total. The highest BCUT2D eigenvalue weighted by Gasteiger charge is 2.10. The van der Waals surface area contributed by atoms with Crippen LogP contribution >= 0.6 is 0 Å². The van der Waals surface area contributed by atoms with Crippen LogP contribution in [0.25, 0.3) is 38.1 Å². The van der Waals surface area contributed by atoms with E-state index in [0.717, 1.165) is 21.9 Å². The van der Waals surface area contributed by atoms with Gasteiger partial charge >= 0.3 is 0 Å². The third-order valence-electron chi connectivity index (χ3n) is 4.00. The lowest BCUT2D eigenvalue weighted by Gasteiger charge is -2.08. The van der Waals surface area contributed by atoms with Crippen LogP contribution in [0.2, 0.25) is 0 Å². The van der Waals surface area contributed by atoms with Crippen molar-refractivity contribution in [3.8, 4) is 0 Å². The molecule has 0 atom stereocenters. The first-order chi connectivity index (χ1) is 10.4. The Morgan fingerprint density at radius 1 is 0.810 bits per heavy atom. The molecule has 4 aromatic heterocycles. The summed E-state index contributed by atoms with van der Waals surface area (Å²) in [6.45, 7) is 0. The van der Waals surface area contributed by atoms with Gasteiger partial charge in [-0.15, -0.1) is 0 Å². The molecule has 0 spiro atoms. The summed E-state index contributed by atoms with van der Waals surface area (Å²) < 4.78 is 2.04. The van der Waals surface area contributed by atoms with Crippen molar-refractivity contribution in [3.63, 3.8) is 0 Å². The average Bonchev–Trinajstić information content (AvgIpc) is 3.03. The normalized spacial score (nSPS) is 11.8. The number of benzene rings is 1. The van der Waals surface area contributed by atoms with Crippen molar-refractivity contribution in [2.24, 2.45) is 0 Å². The van der Waals surface area contributed by atoms with Crippen LogP contribution in [0.3, 0.4) is 0 Å². The zero-order valence-electron chi connectivity index (χ0n) is 11.1. The number of pyridine rings is 3. The topological polar surface area (TPSA) is 43.1 Å². The molecule has 0 amide bonds. The fraction of sp³-hybridized carbons (Fsp3) is 0. The largest absolute Gasteiger partial charge is 0.282 e. The number of imidazole rings is 1. The molecule has 0 unspecified atom stereocenters. The molecule has 0 aliphatic heterocycles. The van der Waals surface area contributed by atoms with Gasteiger partial charge in [0.25, 0.3) is 0 Å². The van der Waals surface area contributed by atoms with Gasteiger partial charge in [-0.05, 0) is 41.1 Å². The minimum Gasteiger partial charge on any atom is -0.282 e. The van der Waals surface area contributed by atoms with E-state index < -0.39 is 0 Å². The predicted octanol–water partition coefficient (Wildman–Crippen LogP) is 3.58. The van der Waals surface area contributed by atoms with E-state index >= 15 is 0 Å². The molecular weight excluding hydrogens is 260 g/mol. The van der Waals surface area contributed by atoms with E-state index in [1.54, 1.807) is 0 Å². The van der Waals surface area contributed by atoms with Crippen molar-refractivity contribution in [2.45, 2.75) is 0 Å². The standard InChI is InChI=1S/C17H10N4/c1-2-13-14-6-11-3-5-18-8-12(11)7-15(14)16-9-19-10-21(16)17(13)20-4-1/h1-10H. The van der Waals surface area contributed by atoms with Crippen LogP contribution in [-0.4, -0.2) is 19.4 Å². The summed E-state index contributed by atoms with van der Waals surface area (Å²) >= 11 is 0. The second-order valence-corrected chi connectivity index (χ2v) is 5.14. The maximum Gasteiger partial charge on any atom is 0.146 e. The summed E-state index contributed by atoms with van der Waals surface area (Å²) in [7, 11) is 0. The van der Waals surface area contributed by atoms with E-state index in [1.807, 2.05) is 47.6 Å². The minimum atomic E-state index is 0.936. The average molecular weight is 270 g/mol. The van der Waals surface area contributed by atoms with E-state index in [9.17, 15) is 0 Å². The van der Waals surface area contributed by atoms with E-state index in [-0.39, 0.29) is 0 Å². The lowest BCUT2D eigenvalue weighted by molar-refractivity contribution is 1.17. The molecule has 0 radical (unpaired) electrons. The minimum absolute atomic E-state index is 0.936. The van der Waals surface area contributed by atoms with Crippen molar-refractivity contribution in [2.75, 3.05) is 0 Å². The zero-order chi connectivity index (χ0) is 13.8. The summed E-state index contributed by atoms with van der Waals surface area (Å²) in [5.74, 6) is 0. The van der Waals surface area contributed by atoms with Gasteiger partial charge in [0.15, 0.2) is 0 Å². The van der Waals surface area contributed by atoms with Crippen LogP contribution in [-0.2, 0) is 0 Å². The monoisotopic (exact) mass is 270 g/mol. The fourth-order valence-corrected chi connectivity index (χ4v) is 3.03. The Bertz CT molecular complexity index is 1140. The lowest BCUT2D eigenvalue weighted by Crippen LogP contribution is -1.92. The Morgan fingerprint density at radius 2 is 1.76 bits per heavy atom. The van der Waals surface area contributed by atoms with Gasteiger partial charge in [0.1, 0.15) is 12.0 Å². The number of nitrogens with zero attached hydrogens (tertiary/aromatic N) is 4. The highest BCUT2D eigenvalue weighted by molar-refractivity contribution is 6.15. The maximum absolute atomic E-state index is 4.52. The third-order valence-corrected chi connectivity index (χ3v) is 4.00. The van der Waals surface area contributed by atoms with Crippen molar-refractivity contribution in [1.29, 1.82) is 0 Å². The molecule has 1 aromatic carbocycles.